The standard InChI is InChI=1S/C11H14.C4H9N.C2H6/c1-9(2)8-11-7-5-4-6-10(11)3;1-2-4-5-3-1;1-2/h4-8H,1-3H3;5H,1-4H2;1-2H3. The predicted molar refractivity (Wildman–Crippen MR) is 84.0 cm³/mol. The molecular weight excluding hydrogens is 218 g/mol. The summed E-state index contributed by atoms with van der Waals surface area (Å²) in [7, 11) is 0. The van der Waals surface area contributed by atoms with E-state index in [0.717, 1.165) is 0 Å². The van der Waals surface area contributed by atoms with E-state index >= 15 is 0 Å². The summed E-state index contributed by atoms with van der Waals surface area (Å²) in [6, 6.07) is 8.41. The normalized spacial score (nSPS) is 12.7. The largest absolute Gasteiger partial charge is 0.317 e. The second-order valence-electron chi connectivity index (χ2n) is 4.54. The van der Waals surface area contributed by atoms with Gasteiger partial charge < -0.3 is 5.32 Å². The minimum atomic E-state index is 1.25. The van der Waals surface area contributed by atoms with Gasteiger partial charge in [0.05, 0.1) is 0 Å². The second-order valence-corrected chi connectivity index (χ2v) is 4.54. The van der Waals surface area contributed by atoms with Crippen LogP contribution in [0, 0.1) is 6.92 Å². The summed E-state index contributed by atoms with van der Waals surface area (Å²) >= 11 is 0. The molecule has 1 aliphatic heterocycles. The van der Waals surface area contributed by atoms with Crippen molar-refractivity contribution in [3.05, 3.63) is 41.0 Å². The Labute approximate surface area is 113 Å². The molecule has 1 heteroatoms. The van der Waals surface area contributed by atoms with Crippen molar-refractivity contribution in [3.63, 3.8) is 0 Å². The Morgan fingerprint density at radius 3 is 2.00 bits per heavy atom. The van der Waals surface area contributed by atoms with Gasteiger partial charge in [-0.1, -0.05) is 49.8 Å². The summed E-state index contributed by atoms with van der Waals surface area (Å²) in [5.74, 6) is 0. The molecule has 0 aromatic heterocycles. The van der Waals surface area contributed by atoms with Crippen molar-refractivity contribution in [2.75, 3.05) is 13.1 Å². The summed E-state index contributed by atoms with van der Waals surface area (Å²) < 4.78 is 0. The smallest absolute Gasteiger partial charge is 0.00484 e. The van der Waals surface area contributed by atoms with Crippen LogP contribution < -0.4 is 5.32 Å². The lowest BCUT2D eigenvalue weighted by Crippen LogP contribution is -2.03. The quantitative estimate of drug-likeness (QED) is 0.750. The van der Waals surface area contributed by atoms with E-state index in [1.807, 2.05) is 13.8 Å². The number of allylic oxidation sites excluding steroid dienone is 1. The maximum atomic E-state index is 3.22. The van der Waals surface area contributed by atoms with Gasteiger partial charge in [0.25, 0.3) is 0 Å². The van der Waals surface area contributed by atoms with Crippen molar-refractivity contribution in [3.8, 4) is 0 Å². The molecule has 0 bridgehead atoms. The van der Waals surface area contributed by atoms with Crippen LogP contribution in [-0.4, -0.2) is 13.1 Å². The molecule has 2 rings (SSSR count). The molecular formula is C17H29N. The molecule has 1 heterocycles. The van der Waals surface area contributed by atoms with Gasteiger partial charge in [-0.2, -0.15) is 0 Å². The van der Waals surface area contributed by atoms with E-state index in [-0.39, 0.29) is 0 Å². The minimum Gasteiger partial charge on any atom is -0.317 e. The van der Waals surface area contributed by atoms with Crippen LogP contribution in [-0.2, 0) is 0 Å². The fourth-order valence-electron chi connectivity index (χ4n) is 1.68. The first-order valence-corrected chi connectivity index (χ1v) is 7.11. The third-order valence-corrected chi connectivity index (χ3v) is 2.59. The molecule has 1 aliphatic rings. The monoisotopic (exact) mass is 247 g/mol. The first-order valence-electron chi connectivity index (χ1n) is 7.11. The summed E-state index contributed by atoms with van der Waals surface area (Å²) in [5.41, 5.74) is 4.01. The van der Waals surface area contributed by atoms with Crippen LogP contribution in [0.5, 0.6) is 0 Å². The Morgan fingerprint density at radius 1 is 1.06 bits per heavy atom. The zero-order valence-electron chi connectivity index (χ0n) is 12.7. The van der Waals surface area contributed by atoms with Gasteiger partial charge in [-0.05, 0) is 57.8 Å². The number of aryl methyl sites for hydroxylation is 1. The van der Waals surface area contributed by atoms with Crippen LogP contribution in [0.15, 0.2) is 29.8 Å². The minimum absolute atomic E-state index is 1.25. The van der Waals surface area contributed by atoms with Gasteiger partial charge in [-0.15, -0.1) is 0 Å². The number of benzene rings is 1. The van der Waals surface area contributed by atoms with E-state index in [1.54, 1.807) is 0 Å². The first kappa shape index (κ1) is 16.9. The van der Waals surface area contributed by atoms with Crippen LogP contribution in [0.3, 0.4) is 0 Å². The predicted octanol–water partition coefficient (Wildman–Crippen LogP) is 4.81. The van der Waals surface area contributed by atoms with Crippen molar-refractivity contribution in [2.24, 2.45) is 0 Å². The van der Waals surface area contributed by atoms with Gasteiger partial charge in [0.1, 0.15) is 0 Å². The maximum Gasteiger partial charge on any atom is -0.00484 e. The van der Waals surface area contributed by atoms with Gasteiger partial charge in [0, 0.05) is 0 Å². The summed E-state index contributed by atoms with van der Waals surface area (Å²) in [6.07, 6.45) is 4.98. The summed E-state index contributed by atoms with van der Waals surface area (Å²) in [4.78, 5) is 0. The Balaban J connectivity index is 0.000000343. The van der Waals surface area contributed by atoms with Crippen molar-refractivity contribution < 1.29 is 0 Å². The van der Waals surface area contributed by atoms with Crippen LogP contribution in [0.4, 0.5) is 0 Å². The molecule has 1 aromatic carbocycles. The molecule has 18 heavy (non-hydrogen) atoms. The molecule has 102 valence electrons. The lowest BCUT2D eigenvalue weighted by Gasteiger charge is -1.98. The molecule has 0 saturated carbocycles. The van der Waals surface area contributed by atoms with E-state index in [2.05, 4.69) is 56.4 Å². The third kappa shape index (κ3) is 8.08. The lowest BCUT2D eigenvalue weighted by molar-refractivity contribution is 0.857. The maximum absolute atomic E-state index is 3.22. The fourth-order valence-corrected chi connectivity index (χ4v) is 1.68. The zero-order valence-corrected chi connectivity index (χ0v) is 12.7. The van der Waals surface area contributed by atoms with Crippen LogP contribution in [0.1, 0.15) is 51.7 Å². The number of hydrogen-bond acceptors (Lipinski definition) is 1. The van der Waals surface area contributed by atoms with Crippen LogP contribution >= 0.6 is 0 Å². The molecule has 0 radical (unpaired) electrons. The Morgan fingerprint density at radius 2 is 1.61 bits per heavy atom. The number of hydrogen-bond donors (Lipinski definition) is 1. The van der Waals surface area contributed by atoms with Gasteiger partial charge in [-0.25, -0.2) is 0 Å². The highest BCUT2D eigenvalue weighted by atomic mass is 14.9. The van der Waals surface area contributed by atoms with Gasteiger partial charge in [-0.3, -0.25) is 0 Å². The Bertz CT molecular complexity index is 324. The molecule has 1 fully saturated rings. The highest BCUT2D eigenvalue weighted by Crippen LogP contribution is 2.10. The molecule has 1 N–H and O–H groups in total. The van der Waals surface area contributed by atoms with Crippen molar-refractivity contribution >= 4 is 6.08 Å². The van der Waals surface area contributed by atoms with E-state index in [4.69, 9.17) is 0 Å². The highest BCUT2D eigenvalue weighted by Gasteiger charge is 1.93. The van der Waals surface area contributed by atoms with Gasteiger partial charge >= 0.3 is 0 Å². The SMILES string of the molecule is C1CCNC1.CC.CC(C)=Cc1ccccc1C. The molecule has 0 spiro atoms. The number of rotatable bonds is 1. The Hall–Kier alpha value is -1.08. The lowest BCUT2D eigenvalue weighted by atomic mass is 10.1. The van der Waals surface area contributed by atoms with Crippen LogP contribution in [0.25, 0.3) is 6.08 Å². The summed E-state index contributed by atoms with van der Waals surface area (Å²) in [5, 5.41) is 3.22. The second kappa shape index (κ2) is 11.0. The van der Waals surface area contributed by atoms with E-state index in [9.17, 15) is 0 Å². The van der Waals surface area contributed by atoms with Gasteiger partial charge in [0.15, 0.2) is 0 Å². The van der Waals surface area contributed by atoms with E-state index in [1.165, 1.54) is 42.6 Å². The van der Waals surface area contributed by atoms with Gasteiger partial charge in [0.2, 0.25) is 0 Å². The molecule has 0 aliphatic carbocycles. The summed E-state index contributed by atoms with van der Waals surface area (Å²) in [6.45, 7) is 12.9. The molecule has 1 aromatic rings. The molecule has 0 unspecified atom stereocenters. The topological polar surface area (TPSA) is 12.0 Å². The number of nitrogens with one attached hydrogen (secondary N) is 1. The van der Waals surface area contributed by atoms with Crippen molar-refractivity contribution in [1.82, 2.24) is 5.32 Å². The average Bonchev–Trinajstić information content (AvgIpc) is 2.93. The molecule has 1 nitrogen and oxygen atoms in total. The van der Waals surface area contributed by atoms with Crippen molar-refractivity contribution in [1.29, 1.82) is 0 Å². The average molecular weight is 247 g/mol. The molecule has 0 amide bonds. The highest BCUT2D eigenvalue weighted by molar-refractivity contribution is 5.55. The molecule has 1 saturated heterocycles. The van der Waals surface area contributed by atoms with E-state index < -0.39 is 0 Å². The van der Waals surface area contributed by atoms with Crippen molar-refractivity contribution in [2.45, 2.75) is 47.5 Å². The third-order valence-electron chi connectivity index (χ3n) is 2.59. The van der Waals surface area contributed by atoms with E-state index in [0.29, 0.717) is 0 Å². The zero-order chi connectivity index (χ0) is 13.8. The fraction of sp³-hybridized carbons (Fsp3) is 0.529. The molecule has 0 atom stereocenters. The Kier molecular flexibility index (Phi) is 10.4. The van der Waals surface area contributed by atoms with Crippen LogP contribution in [0.2, 0.25) is 0 Å². The first-order chi connectivity index (χ1) is 8.70.